The second kappa shape index (κ2) is 5.85. The van der Waals surface area contributed by atoms with E-state index in [2.05, 4.69) is 34.0 Å². The lowest BCUT2D eigenvalue weighted by atomic mass is 9.93. The van der Waals surface area contributed by atoms with Gasteiger partial charge in [-0.15, -0.1) is 11.3 Å². The zero-order valence-electron chi connectivity index (χ0n) is 11.2. The molecule has 2 fully saturated rings. The smallest absolute Gasteiger partial charge is 0.238 e. The van der Waals surface area contributed by atoms with Gasteiger partial charge in [0.15, 0.2) is 0 Å². The molecule has 2 aliphatic rings. The summed E-state index contributed by atoms with van der Waals surface area (Å²) in [6, 6.07) is 4.62. The van der Waals surface area contributed by atoms with Crippen LogP contribution in [0.5, 0.6) is 0 Å². The van der Waals surface area contributed by atoms with Crippen molar-refractivity contribution in [3.8, 4) is 0 Å². The maximum atomic E-state index is 12.2. The monoisotopic (exact) mass is 296 g/mol. The molecule has 19 heavy (non-hydrogen) atoms. The number of thiophene rings is 1. The third kappa shape index (κ3) is 2.69. The van der Waals surface area contributed by atoms with Crippen LogP contribution < -0.4 is 5.32 Å². The predicted molar refractivity (Wildman–Crippen MR) is 81.5 cm³/mol. The maximum Gasteiger partial charge on any atom is 0.238 e. The van der Waals surface area contributed by atoms with Crippen molar-refractivity contribution >= 4 is 29.0 Å². The van der Waals surface area contributed by atoms with Gasteiger partial charge < -0.3 is 4.90 Å². The van der Waals surface area contributed by atoms with Gasteiger partial charge in [0, 0.05) is 16.2 Å². The number of hydrogen-bond acceptors (Lipinski definition) is 4. The molecule has 1 N–H and O–H groups in total. The van der Waals surface area contributed by atoms with E-state index in [4.69, 9.17) is 0 Å². The van der Waals surface area contributed by atoms with Crippen molar-refractivity contribution in [3.05, 3.63) is 22.4 Å². The first-order chi connectivity index (χ1) is 9.29. The van der Waals surface area contributed by atoms with E-state index in [0.717, 1.165) is 18.1 Å². The summed E-state index contributed by atoms with van der Waals surface area (Å²) in [4.78, 5) is 15.6. The normalized spacial score (nSPS) is 31.9. The minimum absolute atomic E-state index is 0.114. The van der Waals surface area contributed by atoms with Crippen LogP contribution in [0.15, 0.2) is 17.5 Å². The minimum atomic E-state index is 0.114. The van der Waals surface area contributed by atoms with Gasteiger partial charge >= 0.3 is 0 Å². The molecule has 1 aromatic heterocycles. The second-order valence-corrected chi connectivity index (χ2v) is 7.38. The summed E-state index contributed by atoms with van der Waals surface area (Å²) in [6.45, 7) is 0.491. The molecule has 1 saturated heterocycles. The maximum absolute atomic E-state index is 12.2. The summed E-state index contributed by atoms with van der Waals surface area (Å²) in [6.07, 6.45) is 7.10. The second-order valence-electron chi connectivity index (χ2n) is 5.27. The van der Waals surface area contributed by atoms with Gasteiger partial charge in [-0.05, 0) is 43.4 Å². The third-order valence-corrected chi connectivity index (χ3v) is 6.26. The molecule has 1 unspecified atom stereocenters. The van der Waals surface area contributed by atoms with Gasteiger partial charge in [-0.1, -0.05) is 6.07 Å². The number of nitrogens with one attached hydrogen (secondary N) is 1. The van der Waals surface area contributed by atoms with Gasteiger partial charge in [-0.2, -0.15) is 11.8 Å². The van der Waals surface area contributed by atoms with Crippen molar-refractivity contribution in [1.82, 2.24) is 10.2 Å². The van der Waals surface area contributed by atoms with Gasteiger partial charge in [0.05, 0.1) is 6.54 Å². The molecule has 0 bridgehead atoms. The fourth-order valence-corrected chi connectivity index (χ4v) is 4.72. The van der Waals surface area contributed by atoms with E-state index in [0.29, 0.717) is 12.6 Å². The number of amides is 1. The molecule has 1 amide bonds. The Morgan fingerprint density at radius 1 is 1.37 bits per heavy atom. The summed E-state index contributed by atoms with van der Waals surface area (Å²) in [5.41, 5.74) is 0. The highest BCUT2D eigenvalue weighted by molar-refractivity contribution is 7.99. The number of thioether (sulfide) groups is 1. The summed E-state index contributed by atoms with van der Waals surface area (Å²) < 4.78 is 0. The highest BCUT2D eigenvalue weighted by Crippen LogP contribution is 2.35. The van der Waals surface area contributed by atoms with Crippen molar-refractivity contribution in [3.63, 3.8) is 0 Å². The lowest BCUT2D eigenvalue weighted by molar-refractivity contribution is -0.131. The van der Waals surface area contributed by atoms with Gasteiger partial charge in [0.25, 0.3) is 0 Å². The number of rotatable bonds is 3. The van der Waals surface area contributed by atoms with Crippen LogP contribution in [0.2, 0.25) is 0 Å². The van der Waals surface area contributed by atoms with E-state index in [9.17, 15) is 4.79 Å². The Morgan fingerprint density at radius 2 is 2.16 bits per heavy atom. The Hall–Kier alpha value is -0.520. The average molecular weight is 296 g/mol. The Bertz CT molecular complexity index is 427. The van der Waals surface area contributed by atoms with Crippen LogP contribution in [0, 0.1) is 0 Å². The first kappa shape index (κ1) is 13.5. The quantitative estimate of drug-likeness (QED) is 0.931. The van der Waals surface area contributed by atoms with Gasteiger partial charge in [0.1, 0.15) is 6.17 Å². The van der Waals surface area contributed by atoms with Crippen LogP contribution in [-0.2, 0) is 4.79 Å². The van der Waals surface area contributed by atoms with E-state index in [-0.39, 0.29) is 12.1 Å². The van der Waals surface area contributed by atoms with Crippen LogP contribution in [0.4, 0.5) is 0 Å². The molecule has 1 aliphatic heterocycles. The van der Waals surface area contributed by atoms with Crippen molar-refractivity contribution in [2.24, 2.45) is 0 Å². The lowest BCUT2D eigenvalue weighted by Gasteiger charge is -2.37. The summed E-state index contributed by atoms with van der Waals surface area (Å²) >= 11 is 3.71. The topological polar surface area (TPSA) is 32.3 Å². The van der Waals surface area contributed by atoms with Crippen LogP contribution in [0.1, 0.15) is 36.7 Å². The molecule has 3 rings (SSSR count). The van der Waals surface area contributed by atoms with Crippen LogP contribution in [0.3, 0.4) is 0 Å². The van der Waals surface area contributed by atoms with Crippen LogP contribution in [-0.4, -0.2) is 34.9 Å². The first-order valence-electron chi connectivity index (χ1n) is 6.90. The largest absolute Gasteiger partial charge is 0.318 e. The van der Waals surface area contributed by atoms with E-state index < -0.39 is 0 Å². The van der Waals surface area contributed by atoms with Crippen LogP contribution >= 0.6 is 23.1 Å². The number of carbonyl (C=O) groups excluding carboxylic acids is 1. The molecule has 1 aliphatic carbocycles. The molecule has 2 heterocycles. The Kier molecular flexibility index (Phi) is 4.15. The highest BCUT2D eigenvalue weighted by Gasteiger charge is 2.38. The molecule has 3 nitrogen and oxygen atoms in total. The molecule has 1 saturated carbocycles. The van der Waals surface area contributed by atoms with Gasteiger partial charge in [-0.25, -0.2) is 0 Å². The Balaban J connectivity index is 1.72. The molecule has 1 atom stereocenters. The van der Waals surface area contributed by atoms with E-state index >= 15 is 0 Å². The van der Waals surface area contributed by atoms with Crippen molar-refractivity contribution in [2.75, 3.05) is 12.8 Å². The minimum Gasteiger partial charge on any atom is -0.318 e. The third-order valence-electron chi connectivity index (χ3n) is 4.20. The standard InChI is InChI=1S/C14H20N2OS2/c1-18-11-6-4-10(5-7-11)16-13(17)9-15-14(16)12-3-2-8-19-12/h2-3,8,10-11,14-15H,4-7,9H2,1H3. The summed E-state index contributed by atoms with van der Waals surface area (Å²) in [7, 11) is 0. The fourth-order valence-electron chi connectivity index (χ4n) is 3.18. The molecule has 104 valence electrons. The molecule has 0 spiro atoms. The van der Waals surface area contributed by atoms with Gasteiger partial charge in [-0.3, -0.25) is 10.1 Å². The van der Waals surface area contributed by atoms with Crippen LogP contribution in [0.25, 0.3) is 0 Å². The number of nitrogens with zero attached hydrogens (tertiary/aromatic N) is 1. The highest BCUT2D eigenvalue weighted by atomic mass is 32.2. The molecule has 5 heteroatoms. The molecular formula is C14H20N2OS2. The first-order valence-corrected chi connectivity index (χ1v) is 9.07. The summed E-state index contributed by atoms with van der Waals surface area (Å²) in [5, 5.41) is 6.24. The van der Waals surface area contributed by atoms with E-state index in [1.54, 1.807) is 11.3 Å². The molecule has 0 aromatic carbocycles. The van der Waals surface area contributed by atoms with Crippen molar-refractivity contribution < 1.29 is 4.79 Å². The zero-order valence-corrected chi connectivity index (χ0v) is 12.8. The van der Waals surface area contributed by atoms with Crippen molar-refractivity contribution in [2.45, 2.75) is 43.1 Å². The van der Waals surface area contributed by atoms with Crippen molar-refractivity contribution in [1.29, 1.82) is 0 Å². The molecule has 0 radical (unpaired) electrons. The van der Waals surface area contributed by atoms with E-state index in [1.165, 1.54) is 17.7 Å². The Labute approximate surface area is 122 Å². The number of carbonyl (C=O) groups is 1. The fraction of sp³-hybridized carbons (Fsp3) is 0.643. The van der Waals surface area contributed by atoms with E-state index in [1.807, 2.05) is 11.8 Å². The van der Waals surface area contributed by atoms with Gasteiger partial charge in [0.2, 0.25) is 5.91 Å². The molecular weight excluding hydrogens is 276 g/mol. The summed E-state index contributed by atoms with van der Waals surface area (Å²) in [5.74, 6) is 0.269. The molecule has 1 aromatic rings. The Morgan fingerprint density at radius 3 is 2.79 bits per heavy atom. The lowest BCUT2D eigenvalue weighted by Crippen LogP contribution is -2.41. The zero-order chi connectivity index (χ0) is 13.2. The average Bonchev–Trinajstić information content (AvgIpc) is 3.08. The SMILES string of the molecule is CSC1CCC(N2C(=O)CNC2c2cccs2)CC1. The number of hydrogen-bond donors (Lipinski definition) is 1. The predicted octanol–water partition coefficient (Wildman–Crippen LogP) is 2.85.